The van der Waals surface area contributed by atoms with E-state index in [9.17, 15) is 10.2 Å². The van der Waals surface area contributed by atoms with Gasteiger partial charge < -0.3 is 10.2 Å². The molecule has 0 amide bonds. The number of benzene rings is 1. The van der Waals surface area contributed by atoms with Gasteiger partial charge in [-0.15, -0.1) is 0 Å². The summed E-state index contributed by atoms with van der Waals surface area (Å²) in [5.74, 6) is 0.392. The highest BCUT2D eigenvalue weighted by Gasteiger charge is 2.27. The Labute approximate surface area is 115 Å². The van der Waals surface area contributed by atoms with Crippen LogP contribution in [0.4, 0.5) is 0 Å². The van der Waals surface area contributed by atoms with Gasteiger partial charge in [0, 0.05) is 12.1 Å². The molecule has 106 valence electrons. The molecule has 0 bridgehead atoms. The SMILES string of the molecule is CCN(C1CCCCC1)C(C)c1c(O)cccc1O. The van der Waals surface area contributed by atoms with Crippen molar-refractivity contribution in [1.82, 2.24) is 4.90 Å². The number of hydrogen-bond acceptors (Lipinski definition) is 3. The molecule has 0 heterocycles. The molecule has 1 saturated carbocycles. The zero-order valence-electron chi connectivity index (χ0n) is 12.0. The molecule has 3 nitrogen and oxygen atoms in total. The fourth-order valence-corrected chi connectivity index (χ4v) is 3.40. The van der Waals surface area contributed by atoms with Crippen LogP contribution in [0.25, 0.3) is 0 Å². The van der Waals surface area contributed by atoms with Crippen LogP contribution in [0.5, 0.6) is 11.5 Å². The molecule has 1 aliphatic rings. The predicted molar refractivity (Wildman–Crippen MR) is 77.4 cm³/mol. The van der Waals surface area contributed by atoms with Crippen molar-refractivity contribution in [2.45, 2.75) is 58.0 Å². The average Bonchev–Trinajstić information content (AvgIpc) is 2.40. The molecule has 0 saturated heterocycles. The average molecular weight is 263 g/mol. The van der Waals surface area contributed by atoms with Crippen molar-refractivity contribution < 1.29 is 10.2 Å². The normalized spacial score (nSPS) is 18.7. The number of phenolic OH excluding ortho intramolecular Hbond substituents is 2. The Bertz CT molecular complexity index is 393. The van der Waals surface area contributed by atoms with Crippen LogP contribution < -0.4 is 0 Å². The van der Waals surface area contributed by atoms with Gasteiger partial charge in [0.1, 0.15) is 11.5 Å². The number of rotatable bonds is 4. The second kappa shape index (κ2) is 6.29. The first-order valence-electron chi connectivity index (χ1n) is 7.41. The third kappa shape index (κ3) is 3.03. The molecule has 3 heteroatoms. The first-order valence-corrected chi connectivity index (χ1v) is 7.41. The quantitative estimate of drug-likeness (QED) is 0.868. The van der Waals surface area contributed by atoms with E-state index in [1.54, 1.807) is 18.2 Å². The Hall–Kier alpha value is -1.22. The van der Waals surface area contributed by atoms with Crippen LogP contribution in [-0.4, -0.2) is 27.7 Å². The van der Waals surface area contributed by atoms with Crippen molar-refractivity contribution in [2.24, 2.45) is 0 Å². The number of nitrogens with zero attached hydrogens (tertiary/aromatic N) is 1. The summed E-state index contributed by atoms with van der Waals surface area (Å²) in [5, 5.41) is 20.0. The van der Waals surface area contributed by atoms with Crippen molar-refractivity contribution in [3.8, 4) is 11.5 Å². The molecular weight excluding hydrogens is 238 g/mol. The Morgan fingerprint density at radius 2 is 1.74 bits per heavy atom. The van der Waals surface area contributed by atoms with E-state index in [-0.39, 0.29) is 17.5 Å². The van der Waals surface area contributed by atoms with Gasteiger partial charge >= 0.3 is 0 Å². The van der Waals surface area contributed by atoms with Gasteiger partial charge in [0.25, 0.3) is 0 Å². The molecule has 19 heavy (non-hydrogen) atoms. The fourth-order valence-electron chi connectivity index (χ4n) is 3.40. The maximum Gasteiger partial charge on any atom is 0.124 e. The smallest absolute Gasteiger partial charge is 0.124 e. The van der Waals surface area contributed by atoms with Crippen LogP contribution in [-0.2, 0) is 0 Å². The summed E-state index contributed by atoms with van der Waals surface area (Å²) in [7, 11) is 0. The summed E-state index contributed by atoms with van der Waals surface area (Å²) < 4.78 is 0. The lowest BCUT2D eigenvalue weighted by Gasteiger charge is -2.38. The van der Waals surface area contributed by atoms with E-state index in [0.717, 1.165) is 6.54 Å². The molecule has 0 radical (unpaired) electrons. The Balaban J connectivity index is 2.22. The van der Waals surface area contributed by atoms with Gasteiger partial charge in [-0.2, -0.15) is 0 Å². The highest BCUT2D eigenvalue weighted by Crippen LogP contribution is 2.38. The molecule has 1 aromatic rings. The third-order valence-electron chi connectivity index (χ3n) is 4.38. The molecule has 0 aromatic heterocycles. The van der Waals surface area contributed by atoms with E-state index in [4.69, 9.17) is 0 Å². The second-order valence-corrected chi connectivity index (χ2v) is 5.51. The van der Waals surface area contributed by atoms with Gasteiger partial charge in [-0.1, -0.05) is 32.3 Å². The summed E-state index contributed by atoms with van der Waals surface area (Å²) >= 11 is 0. The van der Waals surface area contributed by atoms with Crippen LogP contribution in [0.2, 0.25) is 0 Å². The molecule has 2 rings (SSSR count). The molecule has 2 N–H and O–H groups in total. The lowest BCUT2D eigenvalue weighted by atomic mass is 9.92. The summed E-state index contributed by atoms with van der Waals surface area (Å²) in [6.07, 6.45) is 6.38. The van der Waals surface area contributed by atoms with Gasteiger partial charge in [-0.25, -0.2) is 0 Å². The van der Waals surface area contributed by atoms with Crippen LogP contribution in [0.1, 0.15) is 57.6 Å². The first-order chi connectivity index (χ1) is 9.15. The van der Waals surface area contributed by atoms with Gasteiger partial charge in [0.2, 0.25) is 0 Å². The van der Waals surface area contributed by atoms with Crippen molar-refractivity contribution >= 4 is 0 Å². The highest BCUT2D eigenvalue weighted by atomic mass is 16.3. The second-order valence-electron chi connectivity index (χ2n) is 5.51. The van der Waals surface area contributed by atoms with Gasteiger partial charge in [-0.05, 0) is 38.4 Å². The topological polar surface area (TPSA) is 43.7 Å². The van der Waals surface area contributed by atoms with Crippen molar-refractivity contribution in [2.75, 3.05) is 6.54 Å². The Morgan fingerprint density at radius 3 is 2.26 bits per heavy atom. The van der Waals surface area contributed by atoms with E-state index >= 15 is 0 Å². The first kappa shape index (κ1) is 14.2. The van der Waals surface area contributed by atoms with Crippen molar-refractivity contribution in [3.63, 3.8) is 0 Å². The van der Waals surface area contributed by atoms with E-state index in [1.165, 1.54) is 32.1 Å². The Morgan fingerprint density at radius 1 is 1.16 bits per heavy atom. The maximum atomic E-state index is 10.0. The fraction of sp³-hybridized carbons (Fsp3) is 0.625. The predicted octanol–water partition coefficient (Wildman–Crippen LogP) is 3.81. The minimum Gasteiger partial charge on any atom is -0.507 e. The van der Waals surface area contributed by atoms with E-state index in [0.29, 0.717) is 11.6 Å². The van der Waals surface area contributed by atoms with E-state index < -0.39 is 0 Å². The number of phenols is 2. The number of hydrogen-bond donors (Lipinski definition) is 2. The summed E-state index contributed by atoms with van der Waals surface area (Å²) in [5.41, 5.74) is 0.662. The van der Waals surface area contributed by atoms with Crippen molar-refractivity contribution in [1.29, 1.82) is 0 Å². The zero-order valence-corrected chi connectivity index (χ0v) is 12.0. The summed E-state index contributed by atoms with van der Waals surface area (Å²) in [6, 6.07) is 5.61. The monoisotopic (exact) mass is 263 g/mol. The summed E-state index contributed by atoms with van der Waals surface area (Å²) in [6.45, 7) is 5.18. The molecule has 1 fully saturated rings. The summed E-state index contributed by atoms with van der Waals surface area (Å²) in [4.78, 5) is 2.41. The van der Waals surface area contributed by atoms with E-state index in [1.807, 2.05) is 0 Å². The lowest BCUT2D eigenvalue weighted by molar-refractivity contribution is 0.116. The third-order valence-corrected chi connectivity index (χ3v) is 4.38. The minimum absolute atomic E-state index is 0.0503. The molecular formula is C16H25NO2. The van der Waals surface area contributed by atoms with Gasteiger partial charge in [-0.3, -0.25) is 4.90 Å². The van der Waals surface area contributed by atoms with Crippen LogP contribution >= 0.6 is 0 Å². The largest absolute Gasteiger partial charge is 0.507 e. The molecule has 0 spiro atoms. The molecule has 1 aliphatic carbocycles. The molecule has 0 aliphatic heterocycles. The van der Waals surface area contributed by atoms with Gasteiger partial charge in [0.15, 0.2) is 0 Å². The van der Waals surface area contributed by atoms with Gasteiger partial charge in [0.05, 0.1) is 5.56 Å². The Kier molecular flexibility index (Phi) is 4.70. The van der Waals surface area contributed by atoms with Crippen LogP contribution in [0, 0.1) is 0 Å². The van der Waals surface area contributed by atoms with Crippen LogP contribution in [0.15, 0.2) is 18.2 Å². The van der Waals surface area contributed by atoms with E-state index in [2.05, 4.69) is 18.7 Å². The molecule has 1 aromatic carbocycles. The zero-order chi connectivity index (χ0) is 13.8. The standard InChI is InChI=1S/C16H25NO2/c1-3-17(13-8-5-4-6-9-13)12(2)16-14(18)10-7-11-15(16)19/h7,10-13,18-19H,3-6,8-9H2,1-2H3. The van der Waals surface area contributed by atoms with Crippen LogP contribution in [0.3, 0.4) is 0 Å². The lowest BCUT2D eigenvalue weighted by Crippen LogP contribution is -2.38. The van der Waals surface area contributed by atoms with Crippen molar-refractivity contribution in [3.05, 3.63) is 23.8 Å². The molecule has 1 unspecified atom stereocenters. The maximum absolute atomic E-state index is 10.0. The molecule has 1 atom stereocenters. The highest BCUT2D eigenvalue weighted by molar-refractivity contribution is 5.45. The minimum atomic E-state index is 0.0503. The number of aromatic hydroxyl groups is 2.